The van der Waals surface area contributed by atoms with Crippen LogP contribution < -0.4 is 4.90 Å². The summed E-state index contributed by atoms with van der Waals surface area (Å²) in [7, 11) is 2.20. The minimum absolute atomic E-state index is 0.281. The number of aliphatic hydroxyl groups excluding tert-OH is 1. The number of aliphatic hydroxyl groups is 1. The summed E-state index contributed by atoms with van der Waals surface area (Å²) in [5.74, 6) is 0. The topological polar surface area (TPSA) is 26.7 Å². The van der Waals surface area contributed by atoms with Crippen molar-refractivity contribution < 1.29 is 5.11 Å². The first-order valence-electron chi connectivity index (χ1n) is 6.89. The van der Waals surface area contributed by atoms with Crippen molar-refractivity contribution >= 4 is 5.69 Å². The summed E-state index contributed by atoms with van der Waals surface area (Å²) >= 11 is 0. The molecule has 0 bridgehead atoms. The number of piperidine rings is 1. The lowest BCUT2D eigenvalue weighted by Crippen LogP contribution is -2.45. The quantitative estimate of drug-likeness (QED) is 0.856. The third kappa shape index (κ3) is 1.82. The third-order valence-corrected chi connectivity index (χ3v) is 4.66. The van der Waals surface area contributed by atoms with E-state index < -0.39 is 0 Å². The van der Waals surface area contributed by atoms with Gasteiger partial charge in [0, 0.05) is 31.2 Å². The van der Waals surface area contributed by atoms with Crippen LogP contribution >= 0.6 is 0 Å². The molecule has 3 heteroatoms. The van der Waals surface area contributed by atoms with Crippen LogP contribution in [0.25, 0.3) is 0 Å². The fourth-order valence-corrected chi connectivity index (χ4v) is 3.65. The highest BCUT2D eigenvalue weighted by atomic mass is 16.3. The molecule has 3 rings (SSSR count). The summed E-state index contributed by atoms with van der Waals surface area (Å²) in [4.78, 5) is 4.78. The lowest BCUT2D eigenvalue weighted by molar-refractivity contribution is 0.136. The third-order valence-electron chi connectivity index (χ3n) is 4.66. The van der Waals surface area contributed by atoms with Gasteiger partial charge in [-0.1, -0.05) is 18.2 Å². The number of nitrogens with zero attached hydrogens (tertiary/aromatic N) is 2. The highest BCUT2D eigenvalue weighted by molar-refractivity contribution is 5.62. The van der Waals surface area contributed by atoms with Gasteiger partial charge in [-0.05, 0) is 37.6 Å². The second kappa shape index (κ2) is 4.56. The van der Waals surface area contributed by atoms with E-state index in [1.54, 1.807) is 0 Å². The number of benzene rings is 1. The molecule has 2 aliphatic rings. The lowest BCUT2D eigenvalue weighted by atomic mass is 9.74. The minimum Gasteiger partial charge on any atom is -0.395 e. The zero-order chi connectivity index (χ0) is 12.6. The molecule has 18 heavy (non-hydrogen) atoms. The van der Waals surface area contributed by atoms with Gasteiger partial charge in [-0.25, -0.2) is 0 Å². The van der Waals surface area contributed by atoms with Gasteiger partial charge in [0.15, 0.2) is 0 Å². The summed E-state index contributed by atoms with van der Waals surface area (Å²) < 4.78 is 0. The number of para-hydroxylation sites is 1. The van der Waals surface area contributed by atoms with Crippen LogP contribution in [-0.4, -0.2) is 49.8 Å². The Morgan fingerprint density at radius 1 is 1.22 bits per heavy atom. The van der Waals surface area contributed by atoms with Crippen LogP contribution in [-0.2, 0) is 5.41 Å². The van der Waals surface area contributed by atoms with Gasteiger partial charge in [0.1, 0.15) is 0 Å². The molecule has 98 valence electrons. The zero-order valence-corrected chi connectivity index (χ0v) is 11.1. The zero-order valence-electron chi connectivity index (χ0n) is 11.1. The molecular weight excluding hydrogens is 224 g/mol. The average Bonchev–Trinajstić information content (AvgIpc) is 2.67. The molecule has 1 aromatic rings. The largest absolute Gasteiger partial charge is 0.395 e. The molecule has 3 nitrogen and oxygen atoms in total. The molecular formula is C15H22N2O. The highest BCUT2D eigenvalue weighted by Crippen LogP contribution is 2.46. The molecule has 0 amide bonds. The summed E-state index contributed by atoms with van der Waals surface area (Å²) in [6, 6.07) is 8.85. The van der Waals surface area contributed by atoms with Gasteiger partial charge in [0.2, 0.25) is 0 Å². The van der Waals surface area contributed by atoms with Crippen LogP contribution in [0.1, 0.15) is 18.4 Å². The van der Waals surface area contributed by atoms with E-state index in [1.165, 1.54) is 24.1 Å². The van der Waals surface area contributed by atoms with E-state index in [9.17, 15) is 0 Å². The smallest absolute Gasteiger partial charge is 0.0558 e. The second-order valence-electron chi connectivity index (χ2n) is 5.72. The summed E-state index contributed by atoms with van der Waals surface area (Å²) in [5, 5.41) is 9.03. The van der Waals surface area contributed by atoms with E-state index in [-0.39, 0.29) is 6.61 Å². The molecule has 0 aliphatic carbocycles. The van der Waals surface area contributed by atoms with Crippen LogP contribution in [0.4, 0.5) is 5.69 Å². The van der Waals surface area contributed by atoms with Gasteiger partial charge in [-0.2, -0.15) is 0 Å². The molecule has 0 unspecified atom stereocenters. The van der Waals surface area contributed by atoms with E-state index in [2.05, 4.69) is 41.1 Å². The van der Waals surface area contributed by atoms with Crippen LogP contribution in [0, 0.1) is 0 Å². The molecule has 2 heterocycles. The van der Waals surface area contributed by atoms with Gasteiger partial charge in [-0.3, -0.25) is 0 Å². The van der Waals surface area contributed by atoms with Crippen molar-refractivity contribution in [3.8, 4) is 0 Å². The van der Waals surface area contributed by atoms with Crippen LogP contribution in [0.3, 0.4) is 0 Å². The van der Waals surface area contributed by atoms with Crippen LogP contribution in [0.5, 0.6) is 0 Å². The molecule has 1 aromatic carbocycles. The van der Waals surface area contributed by atoms with Crippen molar-refractivity contribution in [1.82, 2.24) is 4.90 Å². The predicted octanol–water partition coefficient (Wildman–Crippen LogP) is 1.46. The fourth-order valence-electron chi connectivity index (χ4n) is 3.65. The Hall–Kier alpha value is -1.06. The van der Waals surface area contributed by atoms with E-state index in [1.807, 2.05) is 0 Å². The summed E-state index contributed by atoms with van der Waals surface area (Å²) in [5.41, 5.74) is 3.31. The first-order valence-corrected chi connectivity index (χ1v) is 6.89. The SMILES string of the molecule is CN1CC2(CCN(CCO)CC2)c2ccccc21. The van der Waals surface area contributed by atoms with Crippen molar-refractivity contribution in [3.05, 3.63) is 29.8 Å². The Bertz CT molecular complexity index is 424. The number of hydrogen-bond donors (Lipinski definition) is 1. The fraction of sp³-hybridized carbons (Fsp3) is 0.600. The van der Waals surface area contributed by atoms with E-state index in [0.29, 0.717) is 5.41 Å². The number of fused-ring (bicyclic) bond motifs is 2. The number of β-amino-alcohol motifs (C(OH)–C–C–N with tert-alkyl or cyclic N) is 1. The monoisotopic (exact) mass is 246 g/mol. The molecule has 1 saturated heterocycles. The number of rotatable bonds is 2. The molecule has 0 saturated carbocycles. The molecule has 1 N–H and O–H groups in total. The Labute approximate surface area is 109 Å². The molecule has 1 spiro atoms. The number of anilines is 1. The first-order chi connectivity index (χ1) is 8.75. The second-order valence-corrected chi connectivity index (χ2v) is 5.72. The predicted molar refractivity (Wildman–Crippen MR) is 74.1 cm³/mol. The Kier molecular flexibility index (Phi) is 3.04. The lowest BCUT2D eigenvalue weighted by Gasteiger charge is -2.39. The van der Waals surface area contributed by atoms with Gasteiger partial charge < -0.3 is 14.9 Å². The average molecular weight is 246 g/mol. The van der Waals surface area contributed by atoms with Gasteiger partial charge in [-0.15, -0.1) is 0 Å². The molecule has 0 atom stereocenters. The Morgan fingerprint density at radius 2 is 1.94 bits per heavy atom. The van der Waals surface area contributed by atoms with Crippen molar-refractivity contribution in [3.63, 3.8) is 0 Å². The van der Waals surface area contributed by atoms with Gasteiger partial charge in [0.05, 0.1) is 6.61 Å². The maximum Gasteiger partial charge on any atom is 0.0558 e. The van der Waals surface area contributed by atoms with Gasteiger partial charge >= 0.3 is 0 Å². The molecule has 0 radical (unpaired) electrons. The molecule has 1 fully saturated rings. The number of hydrogen-bond acceptors (Lipinski definition) is 3. The van der Waals surface area contributed by atoms with E-state index in [4.69, 9.17) is 5.11 Å². The van der Waals surface area contributed by atoms with Crippen LogP contribution in [0.15, 0.2) is 24.3 Å². The standard InChI is InChI=1S/C15H22N2O/c1-16-12-15(13-4-2-3-5-14(13)16)6-8-17(9-7-15)10-11-18/h2-5,18H,6-12H2,1H3. The molecule has 0 aromatic heterocycles. The van der Waals surface area contributed by atoms with Crippen molar-refractivity contribution in [2.24, 2.45) is 0 Å². The van der Waals surface area contributed by atoms with Gasteiger partial charge in [0.25, 0.3) is 0 Å². The normalized spacial score (nSPS) is 22.4. The van der Waals surface area contributed by atoms with Crippen molar-refractivity contribution in [2.45, 2.75) is 18.3 Å². The number of likely N-dealkylation sites (N-methyl/N-ethyl adjacent to an activating group) is 1. The Morgan fingerprint density at radius 3 is 2.67 bits per heavy atom. The minimum atomic E-state index is 0.281. The van der Waals surface area contributed by atoms with Crippen molar-refractivity contribution in [1.29, 1.82) is 0 Å². The van der Waals surface area contributed by atoms with E-state index in [0.717, 1.165) is 26.2 Å². The van der Waals surface area contributed by atoms with E-state index >= 15 is 0 Å². The Balaban J connectivity index is 1.82. The van der Waals surface area contributed by atoms with Crippen LogP contribution in [0.2, 0.25) is 0 Å². The summed E-state index contributed by atoms with van der Waals surface area (Å²) in [6.07, 6.45) is 2.43. The summed E-state index contributed by atoms with van der Waals surface area (Å²) in [6.45, 7) is 4.49. The van der Waals surface area contributed by atoms with Crippen molar-refractivity contribution in [2.75, 3.05) is 44.7 Å². The number of likely N-dealkylation sites (tertiary alicyclic amines) is 1. The first kappa shape index (κ1) is 12.0. The molecule has 2 aliphatic heterocycles. The maximum atomic E-state index is 9.03. The highest BCUT2D eigenvalue weighted by Gasteiger charge is 2.43. The maximum absolute atomic E-state index is 9.03.